The first-order valence-electron chi connectivity index (χ1n) is 11.9. The normalized spacial score (nSPS) is 15.9. The molecular formula is C27H29FN2O5. The van der Waals surface area contributed by atoms with Crippen molar-refractivity contribution >= 4 is 28.7 Å². The van der Waals surface area contributed by atoms with Crippen molar-refractivity contribution in [3.8, 4) is 0 Å². The third-order valence-electron chi connectivity index (χ3n) is 6.49. The summed E-state index contributed by atoms with van der Waals surface area (Å²) in [7, 11) is 0. The zero-order chi connectivity index (χ0) is 24.9. The fourth-order valence-corrected chi connectivity index (χ4v) is 4.92. The molecule has 0 saturated heterocycles. The average molecular weight is 481 g/mol. The fourth-order valence-electron chi connectivity index (χ4n) is 4.92. The highest BCUT2D eigenvalue weighted by Gasteiger charge is 2.29. The van der Waals surface area contributed by atoms with Gasteiger partial charge in [-0.25, -0.2) is 4.39 Å². The molecular weight excluding hydrogens is 451 g/mol. The topological polar surface area (TPSA) is 97.6 Å². The predicted octanol–water partition coefficient (Wildman–Crippen LogP) is 3.65. The molecule has 2 N–H and O–H groups in total. The number of rotatable bonds is 9. The Morgan fingerprint density at radius 3 is 2.69 bits per heavy atom. The number of hydrogen-bond donors (Lipinski definition) is 2. The summed E-state index contributed by atoms with van der Waals surface area (Å²) in [5.74, 6) is -2.87. The van der Waals surface area contributed by atoms with Crippen LogP contribution in [0.5, 0.6) is 0 Å². The molecule has 8 heteroatoms. The molecule has 1 amide bonds. The second-order valence-corrected chi connectivity index (χ2v) is 8.91. The molecule has 7 nitrogen and oxygen atoms in total. The van der Waals surface area contributed by atoms with Gasteiger partial charge in [0, 0.05) is 29.1 Å². The van der Waals surface area contributed by atoms with E-state index in [-0.39, 0.29) is 49.7 Å². The summed E-state index contributed by atoms with van der Waals surface area (Å²) in [5.41, 5.74) is 3.47. The van der Waals surface area contributed by atoms with Crippen molar-refractivity contribution in [1.29, 1.82) is 0 Å². The molecule has 0 fully saturated rings. The lowest BCUT2D eigenvalue weighted by Gasteiger charge is -2.25. The molecule has 3 aromatic rings. The first kappa shape index (κ1) is 24.4. The Labute approximate surface area is 202 Å². The maximum Gasteiger partial charge on any atom is 0.325 e. The fraction of sp³-hybridized carbons (Fsp3) is 0.370. The van der Waals surface area contributed by atoms with Gasteiger partial charge in [-0.05, 0) is 61.9 Å². The number of halogens is 1. The van der Waals surface area contributed by atoms with E-state index in [2.05, 4.69) is 5.32 Å². The van der Waals surface area contributed by atoms with Gasteiger partial charge in [-0.2, -0.15) is 0 Å². The summed E-state index contributed by atoms with van der Waals surface area (Å²) in [6, 6.07) is 13.5. The third kappa shape index (κ3) is 5.70. The average Bonchev–Trinajstić information content (AvgIpc) is 3.11. The van der Waals surface area contributed by atoms with E-state index < -0.39 is 11.9 Å². The van der Waals surface area contributed by atoms with Crippen molar-refractivity contribution in [1.82, 2.24) is 9.88 Å². The number of esters is 1. The first-order chi connectivity index (χ1) is 16.9. The maximum atomic E-state index is 14.1. The van der Waals surface area contributed by atoms with E-state index in [0.717, 1.165) is 27.7 Å². The molecule has 2 aromatic carbocycles. The van der Waals surface area contributed by atoms with Gasteiger partial charge in [-0.1, -0.05) is 30.3 Å². The maximum absolute atomic E-state index is 14.1. The van der Waals surface area contributed by atoms with Crippen molar-refractivity contribution in [2.45, 2.75) is 51.6 Å². The monoisotopic (exact) mass is 480 g/mol. The molecule has 1 heterocycles. The largest absolute Gasteiger partial charge is 0.481 e. The zero-order valence-electron chi connectivity index (χ0n) is 19.6. The van der Waals surface area contributed by atoms with E-state index in [1.54, 1.807) is 13.0 Å². The summed E-state index contributed by atoms with van der Waals surface area (Å²) in [6.07, 6.45) is 1.87. The molecule has 0 spiro atoms. The molecule has 35 heavy (non-hydrogen) atoms. The number of benzene rings is 2. The van der Waals surface area contributed by atoms with Crippen LogP contribution in [0.25, 0.3) is 10.9 Å². The van der Waals surface area contributed by atoms with E-state index >= 15 is 0 Å². The van der Waals surface area contributed by atoms with Crippen molar-refractivity contribution in [3.05, 3.63) is 71.2 Å². The zero-order valence-corrected chi connectivity index (χ0v) is 19.6. The molecule has 1 aliphatic carbocycles. The molecule has 0 saturated carbocycles. The lowest BCUT2D eigenvalue weighted by molar-refractivity contribution is -0.144. The summed E-state index contributed by atoms with van der Waals surface area (Å²) in [6.45, 7) is 2.07. The number of hydrogen-bond acceptors (Lipinski definition) is 4. The standard InChI is InChI=1S/C27H29FN2O5/c1-2-35-26(32)16-30-23-10-8-19(28)14-21(23)22-15-20(9-11-24(22)30)29-25(31)13-18(27(33)34)12-17-6-4-3-5-7-17/h3-8,10,14,18,20H,2,9,11-13,15-16H2,1H3,(H,29,31)(H,33,34). The summed E-state index contributed by atoms with van der Waals surface area (Å²) in [5, 5.41) is 13.3. The van der Waals surface area contributed by atoms with E-state index in [4.69, 9.17) is 4.74 Å². The summed E-state index contributed by atoms with van der Waals surface area (Å²) in [4.78, 5) is 36.7. The smallest absolute Gasteiger partial charge is 0.325 e. The van der Waals surface area contributed by atoms with Crippen LogP contribution < -0.4 is 5.32 Å². The van der Waals surface area contributed by atoms with Gasteiger partial charge in [0.25, 0.3) is 0 Å². The van der Waals surface area contributed by atoms with Crippen LogP contribution in [0.3, 0.4) is 0 Å². The van der Waals surface area contributed by atoms with Crippen LogP contribution in [0.4, 0.5) is 4.39 Å². The van der Waals surface area contributed by atoms with E-state index in [1.165, 1.54) is 12.1 Å². The van der Waals surface area contributed by atoms with Gasteiger partial charge in [-0.15, -0.1) is 0 Å². The Morgan fingerprint density at radius 2 is 1.97 bits per heavy atom. The molecule has 1 aliphatic rings. The highest BCUT2D eigenvalue weighted by Crippen LogP contribution is 2.33. The Kier molecular flexibility index (Phi) is 7.48. The first-order valence-corrected chi connectivity index (χ1v) is 11.9. The predicted molar refractivity (Wildman–Crippen MR) is 128 cm³/mol. The second kappa shape index (κ2) is 10.7. The highest BCUT2D eigenvalue weighted by molar-refractivity contribution is 5.88. The molecule has 4 rings (SSSR count). The highest BCUT2D eigenvalue weighted by atomic mass is 19.1. The minimum atomic E-state index is -1.01. The lowest BCUT2D eigenvalue weighted by Crippen LogP contribution is -2.40. The van der Waals surface area contributed by atoms with Crippen LogP contribution in [0.15, 0.2) is 48.5 Å². The van der Waals surface area contributed by atoms with Crippen LogP contribution in [-0.4, -0.2) is 40.2 Å². The number of ether oxygens (including phenoxy) is 1. The number of fused-ring (bicyclic) bond motifs is 3. The molecule has 0 radical (unpaired) electrons. The number of carbonyl (C=O) groups excluding carboxylic acids is 2. The van der Waals surface area contributed by atoms with E-state index in [9.17, 15) is 23.9 Å². The minimum Gasteiger partial charge on any atom is -0.481 e. The third-order valence-corrected chi connectivity index (χ3v) is 6.49. The Balaban J connectivity index is 1.49. The van der Waals surface area contributed by atoms with Crippen molar-refractivity contribution in [2.75, 3.05) is 6.61 Å². The van der Waals surface area contributed by atoms with Crippen LogP contribution >= 0.6 is 0 Å². The Hall–Kier alpha value is -3.68. The number of carbonyl (C=O) groups is 3. The van der Waals surface area contributed by atoms with Crippen LogP contribution in [0.2, 0.25) is 0 Å². The second-order valence-electron chi connectivity index (χ2n) is 8.91. The minimum absolute atomic E-state index is 0.0438. The number of nitrogens with zero attached hydrogens (tertiary/aromatic N) is 1. The quantitative estimate of drug-likeness (QED) is 0.456. The molecule has 1 aromatic heterocycles. The summed E-state index contributed by atoms with van der Waals surface area (Å²) < 4.78 is 21.1. The van der Waals surface area contributed by atoms with Gasteiger partial charge in [0.2, 0.25) is 5.91 Å². The number of aromatic nitrogens is 1. The SMILES string of the molecule is CCOC(=O)Cn1c2c(c3cc(F)ccc31)CC(NC(=O)CC(Cc1ccccc1)C(=O)O)CC2. The van der Waals surface area contributed by atoms with Gasteiger partial charge in [0.1, 0.15) is 12.4 Å². The van der Waals surface area contributed by atoms with Crippen LogP contribution in [0.1, 0.15) is 36.6 Å². The number of carboxylic acid groups (broad SMARTS) is 1. The molecule has 0 bridgehead atoms. The molecule has 184 valence electrons. The van der Waals surface area contributed by atoms with Crippen molar-refractivity contribution < 1.29 is 28.6 Å². The van der Waals surface area contributed by atoms with Gasteiger partial charge < -0.3 is 19.7 Å². The number of nitrogens with one attached hydrogen (secondary N) is 1. The van der Waals surface area contributed by atoms with Gasteiger partial charge in [-0.3, -0.25) is 14.4 Å². The summed E-state index contributed by atoms with van der Waals surface area (Å²) >= 11 is 0. The van der Waals surface area contributed by atoms with E-state index in [0.29, 0.717) is 19.3 Å². The van der Waals surface area contributed by atoms with Gasteiger partial charge in [0.05, 0.1) is 12.5 Å². The Morgan fingerprint density at radius 1 is 1.20 bits per heavy atom. The van der Waals surface area contributed by atoms with Gasteiger partial charge in [0.15, 0.2) is 0 Å². The number of carboxylic acids is 1. The molecule has 0 aliphatic heterocycles. The Bertz CT molecular complexity index is 1240. The van der Waals surface area contributed by atoms with Crippen LogP contribution in [0, 0.1) is 11.7 Å². The van der Waals surface area contributed by atoms with Crippen molar-refractivity contribution in [2.24, 2.45) is 5.92 Å². The molecule has 2 atom stereocenters. The van der Waals surface area contributed by atoms with Gasteiger partial charge >= 0.3 is 11.9 Å². The van der Waals surface area contributed by atoms with E-state index in [1.807, 2.05) is 34.9 Å². The van der Waals surface area contributed by atoms with Crippen molar-refractivity contribution in [3.63, 3.8) is 0 Å². The number of aliphatic carboxylic acids is 1. The number of amides is 1. The lowest BCUT2D eigenvalue weighted by atomic mass is 9.90. The van der Waals surface area contributed by atoms with Crippen LogP contribution in [-0.2, 0) is 44.9 Å². The molecule has 2 unspecified atom stereocenters.